The van der Waals surface area contributed by atoms with E-state index in [1.54, 1.807) is 14.2 Å². The lowest BCUT2D eigenvalue weighted by molar-refractivity contribution is 0.157. The van der Waals surface area contributed by atoms with Crippen LogP contribution in [0.1, 0.15) is 36.9 Å². The summed E-state index contributed by atoms with van der Waals surface area (Å²) in [5.74, 6) is 2.63. The highest BCUT2D eigenvalue weighted by molar-refractivity contribution is 5.38. The summed E-state index contributed by atoms with van der Waals surface area (Å²) in [5.41, 5.74) is 2.63. The van der Waals surface area contributed by atoms with E-state index in [1.807, 2.05) is 0 Å². The van der Waals surface area contributed by atoms with Gasteiger partial charge >= 0.3 is 0 Å². The van der Waals surface area contributed by atoms with E-state index in [0.717, 1.165) is 30.5 Å². The standard InChI is InChI=1S/C21H27NO2/c1-16-12-14-22(15-13-16)21(17-4-8-19(23-2)9-5-17)18-6-10-20(24-3)11-7-18/h4-11,16,21H,12-15H2,1-3H3. The van der Waals surface area contributed by atoms with Gasteiger partial charge in [-0.2, -0.15) is 0 Å². The third-order valence-corrected chi connectivity index (χ3v) is 5.05. The lowest BCUT2D eigenvalue weighted by Gasteiger charge is -2.37. The van der Waals surface area contributed by atoms with E-state index in [0.29, 0.717) is 0 Å². The number of benzene rings is 2. The molecule has 1 aliphatic rings. The molecule has 0 spiro atoms. The third kappa shape index (κ3) is 3.73. The molecule has 0 amide bonds. The van der Waals surface area contributed by atoms with Crippen LogP contribution in [0, 0.1) is 5.92 Å². The first kappa shape index (κ1) is 16.8. The Bertz CT molecular complexity index is 580. The smallest absolute Gasteiger partial charge is 0.118 e. The lowest BCUT2D eigenvalue weighted by Crippen LogP contribution is -2.36. The largest absolute Gasteiger partial charge is 0.497 e. The summed E-state index contributed by atoms with van der Waals surface area (Å²) in [6.07, 6.45) is 2.53. The molecule has 1 heterocycles. The maximum Gasteiger partial charge on any atom is 0.118 e. The fourth-order valence-corrected chi connectivity index (χ4v) is 3.47. The first-order valence-corrected chi connectivity index (χ1v) is 8.73. The fraction of sp³-hybridized carbons (Fsp3) is 0.429. The minimum Gasteiger partial charge on any atom is -0.497 e. The van der Waals surface area contributed by atoms with Gasteiger partial charge in [0.05, 0.1) is 20.3 Å². The molecule has 1 saturated heterocycles. The Morgan fingerprint density at radius 1 is 0.792 bits per heavy atom. The van der Waals surface area contributed by atoms with E-state index < -0.39 is 0 Å². The first-order chi connectivity index (χ1) is 11.7. The van der Waals surface area contributed by atoms with Gasteiger partial charge in [-0.3, -0.25) is 4.90 Å². The molecule has 3 nitrogen and oxygen atoms in total. The third-order valence-electron chi connectivity index (χ3n) is 5.05. The highest BCUT2D eigenvalue weighted by Gasteiger charge is 2.26. The number of methoxy groups -OCH3 is 2. The monoisotopic (exact) mass is 325 g/mol. The molecule has 3 rings (SSSR count). The Hall–Kier alpha value is -2.00. The van der Waals surface area contributed by atoms with Crippen LogP contribution in [0.5, 0.6) is 11.5 Å². The molecule has 0 aromatic heterocycles. The second-order valence-electron chi connectivity index (χ2n) is 6.67. The van der Waals surface area contributed by atoms with Gasteiger partial charge in [-0.1, -0.05) is 31.2 Å². The molecule has 3 heteroatoms. The Balaban J connectivity index is 1.92. The van der Waals surface area contributed by atoms with E-state index in [-0.39, 0.29) is 6.04 Å². The van der Waals surface area contributed by atoms with Crippen molar-refractivity contribution in [3.05, 3.63) is 59.7 Å². The molecule has 1 fully saturated rings. The van der Waals surface area contributed by atoms with Crippen LogP contribution < -0.4 is 9.47 Å². The molecule has 0 aliphatic carbocycles. The first-order valence-electron chi connectivity index (χ1n) is 8.73. The molecule has 24 heavy (non-hydrogen) atoms. The van der Waals surface area contributed by atoms with Crippen molar-refractivity contribution < 1.29 is 9.47 Å². The van der Waals surface area contributed by atoms with Crippen molar-refractivity contribution in [3.63, 3.8) is 0 Å². The summed E-state index contributed by atoms with van der Waals surface area (Å²) in [7, 11) is 3.42. The summed E-state index contributed by atoms with van der Waals surface area (Å²) in [4.78, 5) is 2.60. The SMILES string of the molecule is COc1ccc(C(c2ccc(OC)cc2)N2CCC(C)CC2)cc1. The summed E-state index contributed by atoms with van der Waals surface area (Å²) >= 11 is 0. The number of likely N-dealkylation sites (tertiary alicyclic amines) is 1. The molecule has 0 bridgehead atoms. The van der Waals surface area contributed by atoms with Crippen molar-refractivity contribution in [2.45, 2.75) is 25.8 Å². The zero-order chi connectivity index (χ0) is 16.9. The average molecular weight is 325 g/mol. The molecule has 0 saturated carbocycles. The van der Waals surface area contributed by atoms with E-state index in [2.05, 4.69) is 60.4 Å². The molecule has 1 aliphatic heterocycles. The van der Waals surface area contributed by atoms with Crippen LogP contribution in [0.25, 0.3) is 0 Å². The van der Waals surface area contributed by atoms with Gasteiger partial charge in [-0.25, -0.2) is 0 Å². The zero-order valence-corrected chi connectivity index (χ0v) is 14.9. The molecule has 0 atom stereocenters. The quantitative estimate of drug-likeness (QED) is 0.806. The van der Waals surface area contributed by atoms with Crippen LogP contribution in [-0.2, 0) is 0 Å². The number of rotatable bonds is 5. The zero-order valence-electron chi connectivity index (χ0n) is 14.9. The Kier molecular flexibility index (Phi) is 5.41. The van der Waals surface area contributed by atoms with Crippen LogP contribution >= 0.6 is 0 Å². The fourth-order valence-electron chi connectivity index (χ4n) is 3.47. The molecule has 0 N–H and O–H groups in total. The maximum atomic E-state index is 5.31. The summed E-state index contributed by atoms with van der Waals surface area (Å²) in [5, 5.41) is 0. The molecular weight excluding hydrogens is 298 g/mol. The van der Waals surface area contributed by atoms with Crippen molar-refractivity contribution in [1.29, 1.82) is 0 Å². The Morgan fingerprint density at radius 2 is 1.21 bits per heavy atom. The number of hydrogen-bond acceptors (Lipinski definition) is 3. The molecule has 0 radical (unpaired) electrons. The van der Waals surface area contributed by atoms with Gasteiger partial charge in [0.25, 0.3) is 0 Å². The van der Waals surface area contributed by atoms with Crippen molar-refractivity contribution in [1.82, 2.24) is 4.90 Å². The van der Waals surface area contributed by atoms with Crippen molar-refractivity contribution in [2.24, 2.45) is 5.92 Å². The second kappa shape index (κ2) is 7.71. The summed E-state index contributed by atoms with van der Waals surface area (Å²) in [6.45, 7) is 4.64. The predicted octanol–water partition coefficient (Wildman–Crippen LogP) is 4.53. The van der Waals surface area contributed by atoms with Crippen molar-refractivity contribution >= 4 is 0 Å². The summed E-state index contributed by atoms with van der Waals surface area (Å²) in [6, 6.07) is 17.2. The number of piperidine rings is 1. The number of ether oxygens (including phenoxy) is 2. The maximum absolute atomic E-state index is 5.31. The van der Waals surface area contributed by atoms with Gasteiger partial charge in [0.1, 0.15) is 11.5 Å². The highest BCUT2D eigenvalue weighted by Crippen LogP contribution is 2.33. The van der Waals surface area contributed by atoms with Gasteiger partial charge < -0.3 is 9.47 Å². The Morgan fingerprint density at radius 3 is 1.58 bits per heavy atom. The van der Waals surface area contributed by atoms with Crippen LogP contribution in [0.2, 0.25) is 0 Å². The van der Waals surface area contributed by atoms with Crippen molar-refractivity contribution in [3.8, 4) is 11.5 Å². The molecule has 128 valence electrons. The minimum absolute atomic E-state index is 0.286. The van der Waals surface area contributed by atoms with Gasteiger partial charge in [-0.15, -0.1) is 0 Å². The predicted molar refractivity (Wildman–Crippen MR) is 97.8 cm³/mol. The van der Waals surface area contributed by atoms with E-state index >= 15 is 0 Å². The van der Waals surface area contributed by atoms with Crippen LogP contribution in [0.15, 0.2) is 48.5 Å². The van der Waals surface area contributed by atoms with Crippen LogP contribution in [0.4, 0.5) is 0 Å². The Labute approximate surface area is 145 Å². The molecule has 2 aromatic carbocycles. The normalized spacial score (nSPS) is 16.3. The summed E-state index contributed by atoms with van der Waals surface area (Å²) < 4.78 is 10.6. The average Bonchev–Trinajstić information content (AvgIpc) is 2.64. The molecule has 2 aromatic rings. The second-order valence-corrected chi connectivity index (χ2v) is 6.67. The minimum atomic E-state index is 0.286. The van der Waals surface area contributed by atoms with E-state index in [4.69, 9.17) is 9.47 Å². The van der Waals surface area contributed by atoms with Gasteiger partial charge in [-0.05, 0) is 67.2 Å². The van der Waals surface area contributed by atoms with Gasteiger partial charge in [0, 0.05) is 0 Å². The highest BCUT2D eigenvalue weighted by atomic mass is 16.5. The van der Waals surface area contributed by atoms with E-state index in [1.165, 1.54) is 24.0 Å². The van der Waals surface area contributed by atoms with Gasteiger partial charge in [0.15, 0.2) is 0 Å². The van der Waals surface area contributed by atoms with Crippen molar-refractivity contribution in [2.75, 3.05) is 27.3 Å². The number of hydrogen-bond donors (Lipinski definition) is 0. The van der Waals surface area contributed by atoms with E-state index in [9.17, 15) is 0 Å². The van der Waals surface area contributed by atoms with Crippen LogP contribution in [0.3, 0.4) is 0 Å². The topological polar surface area (TPSA) is 21.7 Å². The van der Waals surface area contributed by atoms with Crippen LogP contribution in [-0.4, -0.2) is 32.2 Å². The molecule has 0 unspecified atom stereocenters. The van der Waals surface area contributed by atoms with Gasteiger partial charge in [0.2, 0.25) is 0 Å². The lowest BCUT2D eigenvalue weighted by atomic mass is 9.92. The number of nitrogens with zero attached hydrogens (tertiary/aromatic N) is 1. The molecular formula is C21H27NO2.